The van der Waals surface area contributed by atoms with Crippen molar-refractivity contribution >= 4 is 5.82 Å². The summed E-state index contributed by atoms with van der Waals surface area (Å²) < 4.78 is 2.30. The zero-order valence-electron chi connectivity index (χ0n) is 15.0. The Labute approximate surface area is 155 Å². The van der Waals surface area contributed by atoms with Crippen LogP contribution < -0.4 is 9.47 Å². The quantitative estimate of drug-likeness (QED) is 0.664. The van der Waals surface area contributed by atoms with Gasteiger partial charge in [-0.15, -0.1) is 0 Å². The Balaban J connectivity index is 1.41. The molecule has 3 aromatic rings. The lowest BCUT2D eigenvalue weighted by atomic mass is 10.2. The Morgan fingerprint density at radius 1 is 0.808 bits per heavy atom. The predicted octanol–water partition coefficient (Wildman–Crippen LogP) is 2.74. The molecule has 1 saturated heterocycles. The van der Waals surface area contributed by atoms with Crippen LogP contribution in [0, 0.1) is 0 Å². The molecule has 1 aromatic heterocycles. The van der Waals surface area contributed by atoms with E-state index >= 15 is 0 Å². The first-order valence-electron chi connectivity index (χ1n) is 9.27. The van der Waals surface area contributed by atoms with E-state index < -0.39 is 0 Å². The largest absolute Gasteiger partial charge is 0.295 e. The van der Waals surface area contributed by atoms with Crippen LogP contribution in [0.3, 0.4) is 0 Å². The van der Waals surface area contributed by atoms with Gasteiger partial charge in [0.2, 0.25) is 0 Å². The van der Waals surface area contributed by atoms with Crippen LogP contribution in [0.5, 0.6) is 0 Å². The summed E-state index contributed by atoms with van der Waals surface area (Å²) >= 11 is 0. The third-order valence-corrected chi connectivity index (χ3v) is 4.96. The van der Waals surface area contributed by atoms with E-state index in [4.69, 9.17) is 0 Å². The average Bonchev–Trinajstić information content (AvgIpc) is 2.71. The number of hydrogen-bond donors (Lipinski definition) is 0. The molecule has 1 fully saturated rings. The second-order valence-corrected chi connectivity index (χ2v) is 6.80. The molecule has 0 amide bonds. The van der Waals surface area contributed by atoms with E-state index in [0.29, 0.717) is 0 Å². The molecule has 0 spiro atoms. The number of rotatable bonds is 5. The summed E-state index contributed by atoms with van der Waals surface area (Å²) in [7, 11) is 0. The fourth-order valence-electron chi connectivity index (χ4n) is 3.53. The summed E-state index contributed by atoms with van der Waals surface area (Å²) in [6, 6.07) is 21.3. The molecule has 2 aromatic carbocycles. The maximum Gasteiger partial charge on any atom is 0.295 e. The van der Waals surface area contributed by atoms with E-state index in [1.807, 2.05) is 12.4 Å². The molecule has 132 valence electrons. The molecule has 0 atom stereocenters. The van der Waals surface area contributed by atoms with E-state index in [-0.39, 0.29) is 0 Å². The zero-order valence-corrected chi connectivity index (χ0v) is 15.0. The van der Waals surface area contributed by atoms with Gasteiger partial charge < -0.3 is 0 Å². The van der Waals surface area contributed by atoms with E-state index in [0.717, 1.165) is 39.3 Å². The molecule has 1 aliphatic rings. The van der Waals surface area contributed by atoms with Crippen molar-refractivity contribution in [2.75, 3.05) is 31.1 Å². The van der Waals surface area contributed by atoms with Crippen molar-refractivity contribution in [3.05, 3.63) is 90.4 Å². The topological polar surface area (TPSA) is 23.2 Å². The van der Waals surface area contributed by atoms with Gasteiger partial charge in [-0.2, -0.15) is 0 Å². The Hall–Kier alpha value is -2.72. The van der Waals surface area contributed by atoms with E-state index in [1.54, 1.807) is 0 Å². The normalized spacial score (nSPS) is 15.2. The number of hydrogen-bond acceptors (Lipinski definition) is 3. The maximum absolute atomic E-state index is 4.37. The van der Waals surface area contributed by atoms with Crippen LogP contribution >= 0.6 is 0 Å². The number of anilines is 1. The fourth-order valence-corrected chi connectivity index (χ4v) is 3.53. The van der Waals surface area contributed by atoms with Gasteiger partial charge in [0, 0.05) is 19.6 Å². The van der Waals surface area contributed by atoms with Crippen molar-refractivity contribution in [2.45, 2.75) is 13.1 Å². The van der Waals surface area contributed by atoms with Gasteiger partial charge in [0.05, 0.1) is 19.3 Å². The molecule has 2 heterocycles. The van der Waals surface area contributed by atoms with Crippen molar-refractivity contribution in [2.24, 2.45) is 0 Å². The van der Waals surface area contributed by atoms with Gasteiger partial charge in [-0.1, -0.05) is 60.7 Å². The summed E-state index contributed by atoms with van der Waals surface area (Å²) in [5.74, 6) is 1.20. The second kappa shape index (κ2) is 8.11. The highest BCUT2D eigenvalue weighted by Crippen LogP contribution is 2.13. The van der Waals surface area contributed by atoms with Gasteiger partial charge in [-0.05, 0) is 11.1 Å². The minimum atomic E-state index is 0.878. The van der Waals surface area contributed by atoms with Gasteiger partial charge in [0.15, 0.2) is 0 Å². The Kier molecular flexibility index (Phi) is 5.22. The fraction of sp³-hybridized carbons (Fsp3) is 0.273. The highest BCUT2D eigenvalue weighted by Gasteiger charge is 2.25. The lowest BCUT2D eigenvalue weighted by Crippen LogP contribution is -2.51. The molecular formula is C22H25N4+. The summed E-state index contributed by atoms with van der Waals surface area (Å²) in [5.41, 5.74) is 2.70. The number of nitrogens with zero attached hydrogens (tertiary/aromatic N) is 4. The van der Waals surface area contributed by atoms with Crippen molar-refractivity contribution in [3.63, 3.8) is 0 Å². The zero-order chi connectivity index (χ0) is 17.6. The lowest BCUT2D eigenvalue weighted by Gasteiger charge is -2.31. The Bertz CT molecular complexity index is 812. The van der Waals surface area contributed by atoms with Crippen molar-refractivity contribution in [1.29, 1.82) is 0 Å². The minimum absolute atomic E-state index is 0.878. The molecule has 4 rings (SSSR count). The van der Waals surface area contributed by atoms with Gasteiger partial charge in [-0.3, -0.25) is 14.8 Å². The molecule has 0 saturated carbocycles. The van der Waals surface area contributed by atoms with Crippen LogP contribution in [0.4, 0.5) is 5.82 Å². The van der Waals surface area contributed by atoms with Crippen molar-refractivity contribution < 1.29 is 4.57 Å². The molecule has 0 bridgehead atoms. The third kappa shape index (κ3) is 4.09. The monoisotopic (exact) mass is 345 g/mol. The molecule has 0 N–H and O–H groups in total. The first kappa shape index (κ1) is 16.7. The minimum Gasteiger partial charge on any atom is -0.291 e. The Morgan fingerprint density at radius 2 is 1.46 bits per heavy atom. The summed E-state index contributed by atoms with van der Waals surface area (Å²) in [6.45, 7) is 6.14. The molecule has 0 unspecified atom stereocenters. The van der Waals surface area contributed by atoms with Crippen LogP contribution in [0.15, 0.2) is 79.3 Å². The maximum atomic E-state index is 4.37. The van der Waals surface area contributed by atoms with E-state index in [9.17, 15) is 0 Å². The van der Waals surface area contributed by atoms with Crippen LogP contribution in [0.2, 0.25) is 0 Å². The van der Waals surface area contributed by atoms with Crippen LogP contribution in [0.25, 0.3) is 0 Å². The van der Waals surface area contributed by atoms with Crippen molar-refractivity contribution in [3.8, 4) is 0 Å². The second-order valence-electron chi connectivity index (χ2n) is 6.80. The van der Waals surface area contributed by atoms with Crippen LogP contribution in [-0.2, 0) is 13.1 Å². The standard InChI is InChI=1S/C22H25N4/c1-3-7-20(8-4-1)18-24-13-15-25(16-14-24)22-17-23-11-12-26(22)19-21-9-5-2-6-10-21/h1-12,17H,13-16,18-19H2/q+1. The molecule has 4 heteroatoms. The van der Waals surface area contributed by atoms with Crippen LogP contribution in [0.1, 0.15) is 11.1 Å². The predicted molar refractivity (Wildman–Crippen MR) is 104 cm³/mol. The van der Waals surface area contributed by atoms with Gasteiger partial charge in [-0.25, -0.2) is 4.57 Å². The molecule has 0 aliphatic carbocycles. The van der Waals surface area contributed by atoms with Crippen molar-refractivity contribution in [1.82, 2.24) is 9.88 Å². The molecular weight excluding hydrogens is 320 g/mol. The van der Waals surface area contributed by atoms with E-state index in [1.165, 1.54) is 16.9 Å². The van der Waals surface area contributed by atoms with Crippen LogP contribution in [-0.4, -0.2) is 36.1 Å². The third-order valence-electron chi connectivity index (χ3n) is 4.96. The SMILES string of the molecule is c1ccc(CN2CCN(c3cncc[n+]3Cc3ccccc3)CC2)cc1. The highest BCUT2D eigenvalue weighted by molar-refractivity contribution is 5.31. The lowest BCUT2D eigenvalue weighted by molar-refractivity contribution is -0.676. The van der Waals surface area contributed by atoms with E-state index in [2.05, 4.69) is 86.2 Å². The highest BCUT2D eigenvalue weighted by atomic mass is 15.3. The average molecular weight is 345 g/mol. The number of aromatic nitrogens is 2. The smallest absolute Gasteiger partial charge is 0.291 e. The van der Waals surface area contributed by atoms with Gasteiger partial charge in [0.25, 0.3) is 5.82 Å². The number of benzene rings is 2. The van der Waals surface area contributed by atoms with Gasteiger partial charge in [0.1, 0.15) is 18.9 Å². The summed E-state index contributed by atoms with van der Waals surface area (Å²) in [5, 5.41) is 0. The van der Waals surface area contributed by atoms with Gasteiger partial charge >= 0.3 is 0 Å². The number of piperazine rings is 1. The summed E-state index contributed by atoms with van der Waals surface area (Å²) in [6.07, 6.45) is 5.95. The molecule has 1 aliphatic heterocycles. The molecule has 0 radical (unpaired) electrons. The first-order valence-corrected chi connectivity index (χ1v) is 9.27. The Morgan fingerprint density at radius 3 is 2.15 bits per heavy atom. The molecule has 26 heavy (non-hydrogen) atoms. The summed E-state index contributed by atoms with van der Waals surface area (Å²) in [4.78, 5) is 9.36. The first-order chi connectivity index (χ1) is 12.9. The molecule has 4 nitrogen and oxygen atoms in total.